The minimum Gasteiger partial charge on any atom is -0.504 e. The van der Waals surface area contributed by atoms with Gasteiger partial charge < -0.3 is 58.8 Å². The molecule has 226 valence electrons. The van der Waals surface area contributed by atoms with Crippen LogP contribution in [0.2, 0.25) is 0 Å². The number of aliphatic hydroxyl groups excluding tert-OH is 3. The SMILES string of the molecule is O=C(O)CC(=O)OC[C@H]1O[C@@H](Oc2c(-c3ccc(O)c(O)c3)oc3cc(=O)cc4oc(C(=O)O)cc2c43)[C@H](O)[C@@H](O)[C@@H]1O. The minimum absolute atomic E-state index is 0.0306. The zero-order valence-electron chi connectivity index (χ0n) is 21.6. The van der Waals surface area contributed by atoms with Gasteiger partial charge in [-0.1, -0.05) is 0 Å². The maximum atomic E-state index is 12.4. The lowest BCUT2D eigenvalue weighted by Gasteiger charge is -2.40. The van der Waals surface area contributed by atoms with E-state index in [1.807, 2.05) is 0 Å². The van der Waals surface area contributed by atoms with Crippen molar-refractivity contribution in [1.82, 2.24) is 0 Å². The van der Waals surface area contributed by atoms with Crippen LogP contribution in [0.25, 0.3) is 33.3 Å². The number of aromatic carboxylic acids is 1. The molecule has 0 bridgehead atoms. The van der Waals surface area contributed by atoms with Crippen molar-refractivity contribution in [1.29, 1.82) is 0 Å². The van der Waals surface area contributed by atoms with Crippen molar-refractivity contribution in [3.63, 3.8) is 0 Å². The lowest BCUT2D eigenvalue weighted by molar-refractivity contribution is -0.278. The number of rotatable bonds is 8. The van der Waals surface area contributed by atoms with Crippen molar-refractivity contribution in [2.45, 2.75) is 37.1 Å². The number of aromatic hydroxyl groups is 2. The molecule has 5 atom stereocenters. The Kier molecular flexibility index (Phi) is 7.68. The van der Waals surface area contributed by atoms with E-state index in [1.165, 1.54) is 6.07 Å². The molecule has 16 heteroatoms. The fraction of sp³-hybridized carbons (Fsp3) is 0.259. The van der Waals surface area contributed by atoms with Gasteiger partial charge in [0.15, 0.2) is 28.4 Å². The Morgan fingerprint density at radius 1 is 0.860 bits per heavy atom. The number of hydrogen-bond acceptors (Lipinski definition) is 14. The van der Waals surface area contributed by atoms with Gasteiger partial charge in [-0.15, -0.1) is 0 Å². The van der Waals surface area contributed by atoms with E-state index < -0.39 is 84.3 Å². The van der Waals surface area contributed by atoms with Crippen LogP contribution in [0.4, 0.5) is 0 Å². The summed E-state index contributed by atoms with van der Waals surface area (Å²) in [5.74, 6) is -6.53. The number of hydrogen-bond donors (Lipinski definition) is 7. The topological polar surface area (TPSA) is 264 Å². The van der Waals surface area contributed by atoms with Crippen LogP contribution in [0.3, 0.4) is 0 Å². The molecule has 0 radical (unpaired) electrons. The third-order valence-electron chi connectivity index (χ3n) is 6.52. The van der Waals surface area contributed by atoms with Crippen molar-refractivity contribution >= 4 is 39.8 Å². The molecular weight excluding hydrogens is 580 g/mol. The number of esters is 1. The zero-order valence-corrected chi connectivity index (χ0v) is 21.6. The quantitative estimate of drug-likeness (QED) is 0.0823. The fourth-order valence-corrected chi connectivity index (χ4v) is 4.50. The van der Waals surface area contributed by atoms with Crippen LogP contribution in [0.1, 0.15) is 17.0 Å². The molecule has 0 amide bonds. The number of aliphatic carboxylic acids is 1. The molecule has 5 rings (SSSR count). The Hall–Kier alpha value is -5.16. The highest BCUT2D eigenvalue weighted by atomic mass is 16.7. The Morgan fingerprint density at radius 2 is 1.56 bits per heavy atom. The van der Waals surface area contributed by atoms with Crippen molar-refractivity contribution in [3.8, 4) is 28.6 Å². The predicted molar refractivity (Wildman–Crippen MR) is 139 cm³/mol. The third-order valence-corrected chi connectivity index (χ3v) is 6.52. The maximum absolute atomic E-state index is 12.4. The molecule has 0 unspecified atom stereocenters. The molecule has 7 N–H and O–H groups in total. The fourth-order valence-electron chi connectivity index (χ4n) is 4.50. The lowest BCUT2D eigenvalue weighted by atomic mass is 9.99. The van der Waals surface area contributed by atoms with Crippen molar-refractivity contribution < 1.29 is 73.2 Å². The molecule has 1 saturated heterocycles. The molecule has 1 aliphatic heterocycles. The Balaban J connectivity index is 1.65. The molecular formula is C27H22O16. The normalized spacial score (nSPS) is 22.0. The summed E-state index contributed by atoms with van der Waals surface area (Å²) in [6.07, 6.45) is -10.1. The van der Waals surface area contributed by atoms with Crippen LogP contribution >= 0.6 is 0 Å². The van der Waals surface area contributed by atoms with Gasteiger partial charge >= 0.3 is 17.9 Å². The Morgan fingerprint density at radius 3 is 2.21 bits per heavy atom. The lowest BCUT2D eigenvalue weighted by Crippen LogP contribution is -2.60. The second kappa shape index (κ2) is 11.3. The van der Waals surface area contributed by atoms with Crippen LogP contribution in [0.5, 0.6) is 17.2 Å². The Labute approximate surface area is 238 Å². The van der Waals surface area contributed by atoms with Gasteiger partial charge in [0, 0.05) is 29.1 Å². The number of phenols is 2. The van der Waals surface area contributed by atoms with Gasteiger partial charge in [0.05, 0.1) is 5.39 Å². The van der Waals surface area contributed by atoms with Crippen LogP contribution < -0.4 is 10.2 Å². The second-order valence-corrected chi connectivity index (χ2v) is 9.47. The molecule has 2 aromatic heterocycles. The summed E-state index contributed by atoms with van der Waals surface area (Å²) in [5.41, 5.74) is -0.893. The molecule has 1 fully saturated rings. The molecule has 4 aromatic rings. The molecule has 1 aliphatic rings. The maximum Gasteiger partial charge on any atom is 0.371 e. The number of aliphatic hydroxyl groups is 3. The minimum atomic E-state index is -1.96. The second-order valence-electron chi connectivity index (χ2n) is 9.47. The predicted octanol–water partition coefficient (Wildman–Crippen LogP) is 0.520. The summed E-state index contributed by atoms with van der Waals surface area (Å²) in [4.78, 5) is 46.7. The average Bonchev–Trinajstić information content (AvgIpc) is 2.94. The standard InChI is InChI=1S/C27H22O16/c28-10-4-14-20-11(6-16(40-14)26(37)38)25(24(41-15(20)5-10)9-1-2-12(29)13(30)3-9)43-27-23(36)22(35)21(34)17(42-27)8-39-19(33)7-18(31)32/h1-6,17,21-23,27,29-30,34-36H,7-8H2,(H,31,32)(H,37,38)/t17-,21-,22+,23-,27+/m1/s1. The highest BCUT2D eigenvalue weighted by Crippen LogP contribution is 2.44. The van der Waals surface area contributed by atoms with Gasteiger partial charge in [-0.25, -0.2) is 4.79 Å². The van der Waals surface area contributed by atoms with E-state index in [0.29, 0.717) is 0 Å². The summed E-state index contributed by atoms with van der Waals surface area (Å²) >= 11 is 0. The molecule has 16 nitrogen and oxygen atoms in total. The molecule has 2 aromatic carbocycles. The third kappa shape index (κ3) is 5.67. The molecule has 0 spiro atoms. The number of benzene rings is 2. The largest absolute Gasteiger partial charge is 0.504 e. The number of ether oxygens (including phenoxy) is 3. The van der Waals surface area contributed by atoms with E-state index in [9.17, 15) is 49.8 Å². The van der Waals surface area contributed by atoms with Gasteiger partial charge in [-0.05, 0) is 18.2 Å². The van der Waals surface area contributed by atoms with Gasteiger partial charge in [-0.2, -0.15) is 0 Å². The molecule has 43 heavy (non-hydrogen) atoms. The van der Waals surface area contributed by atoms with E-state index in [0.717, 1.165) is 30.3 Å². The first-order valence-electron chi connectivity index (χ1n) is 12.4. The zero-order chi connectivity index (χ0) is 31.2. The number of carbonyl (C=O) groups is 3. The van der Waals surface area contributed by atoms with E-state index in [4.69, 9.17) is 28.2 Å². The molecule has 0 aliphatic carbocycles. The highest BCUT2D eigenvalue weighted by Gasteiger charge is 2.46. The molecule has 0 saturated carbocycles. The van der Waals surface area contributed by atoms with Crippen molar-refractivity contribution in [2.75, 3.05) is 6.61 Å². The Bertz CT molecular complexity index is 1800. The van der Waals surface area contributed by atoms with E-state index in [2.05, 4.69) is 0 Å². The van der Waals surface area contributed by atoms with Gasteiger partial charge in [0.1, 0.15) is 48.6 Å². The smallest absolute Gasteiger partial charge is 0.371 e. The first kappa shape index (κ1) is 29.3. The summed E-state index contributed by atoms with van der Waals surface area (Å²) in [7, 11) is 0. The van der Waals surface area contributed by atoms with Crippen molar-refractivity contribution in [3.05, 3.63) is 52.4 Å². The van der Waals surface area contributed by atoms with Crippen LogP contribution in [0, 0.1) is 0 Å². The van der Waals surface area contributed by atoms with E-state index in [-0.39, 0.29) is 39.0 Å². The van der Waals surface area contributed by atoms with Crippen LogP contribution in [-0.4, -0.2) is 91.0 Å². The summed E-state index contributed by atoms with van der Waals surface area (Å²) in [6, 6.07) is 6.55. The number of phenolic OH excluding ortho intramolecular Hbond substituents is 2. The van der Waals surface area contributed by atoms with Crippen LogP contribution in [-0.2, 0) is 19.1 Å². The number of carboxylic acids is 2. The van der Waals surface area contributed by atoms with E-state index in [1.54, 1.807) is 0 Å². The monoisotopic (exact) mass is 602 g/mol. The first-order chi connectivity index (χ1) is 20.3. The molecule has 3 heterocycles. The van der Waals surface area contributed by atoms with E-state index >= 15 is 0 Å². The van der Waals surface area contributed by atoms with Gasteiger partial charge in [-0.3, -0.25) is 14.4 Å². The number of carboxylic acid groups (broad SMARTS) is 2. The summed E-state index contributed by atoms with van der Waals surface area (Å²) in [5, 5.41) is 70.0. The highest BCUT2D eigenvalue weighted by molar-refractivity contribution is 6.11. The number of carbonyl (C=O) groups excluding carboxylic acids is 1. The first-order valence-corrected chi connectivity index (χ1v) is 12.4. The van der Waals surface area contributed by atoms with Gasteiger partial charge in [0.25, 0.3) is 0 Å². The summed E-state index contributed by atoms with van der Waals surface area (Å²) < 4.78 is 27.6. The summed E-state index contributed by atoms with van der Waals surface area (Å²) in [6.45, 7) is -0.752. The van der Waals surface area contributed by atoms with Crippen LogP contribution in [0.15, 0.2) is 50.0 Å². The average molecular weight is 602 g/mol. The van der Waals surface area contributed by atoms with Gasteiger partial charge in [0.2, 0.25) is 12.1 Å². The van der Waals surface area contributed by atoms with Crippen molar-refractivity contribution in [2.24, 2.45) is 0 Å².